The third kappa shape index (κ3) is 2.50. The topological polar surface area (TPSA) is 29.3 Å². The van der Waals surface area contributed by atoms with E-state index < -0.39 is 0 Å². The van der Waals surface area contributed by atoms with Crippen LogP contribution in [0.3, 0.4) is 0 Å². The van der Waals surface area contributed by atoms with Gasteiger partial charge in [0.25, 0.3) is 0 Å². The van der Waals surface area contributed by atoms with Crippen LogP contribution in [0.2, 0.25) is 0 Å². The van der Waals surface area contributed by atoms with Crippen molar-refractivity contribution in [3.05, 3.63) is 19.2 Å². The van der Waals surface area contributed by atoms with Gasteiger partial charge in [0.15, 0.2) is 0 Å². The predicted octanol–water partition coefficient (Wildman–Crippen LogP) is 3.90. The quantitative estimate of drug-likeness (QED) is 0.844. The van der Waals surface area contributed by atoms with E-state index in [1.54, 1.807) is 0 Å². The van der Waals surface area contributed by atoms with Gasteiger partial charge >= 0.3 is 0 Å². The molecule has 2 nitrogen and oxygen atoms in total. The molecule has 2 aliphatic rings. The number of hydrogen-bond acceptors (Lipinski definition) is 3. The van der Waals surface area contributed by atoms with Crippen LogP contribution in [0.15, 0.2) is 14.3 Å². The molecule has 0 spiro atoms. The maximum Gasteiger partial charge on any atom is 0.0843 e. The Morgan fingerprint density at radius 3 is 2.65 bits per heavy atom. The van der Waals surface area contributed by atoms with Crippen LogP contribution in [-0.4, -0.2) is 23.5 Å². The summed E-state index contributed by atoms with van der Waals surface area (Å²) in [5, 5.41) is 0. The number of piperidine rings is 1. The Morgan fingerprint density at radius 1 is 1.29 bits per heavy atom. The molecule has 2 N–H and O–H groups in total. The molecule has 1 aromatic rings. The third-order valence-electron chi connectivity index (χ3n) is 3.69. The van der Waals surface area contributed by atoms with Gasteiger partial charge in [-0.05, 0) is 70.2 Å². The Balaban J connectivity index is 1.90. The average molecular weight is 380 g/mol. The zero-order valence-electron chi connectivity index (χ0n) is 9.53. The summed E-state index contributed by atoms with van der Waals surface area (Å²) in [5.74, 6) is 0. The van der Waals surface area contributed by atoms with Crippen molar-refractivity contribution in [1.29, 1.82) is 0 Å². The van der Waals surface area contributed by atoms with Crippen LogP contribution in [0.5, 0.6) is 0 Å². The molecule has 1 aliphatic heterocycles. The van der Waals surface area contributed by atoms with Gasteiger partial charge in [0.2, 0.25) is 0 Å². The van der Waals surface area contributed by atoms with Gasteiger partial charge in [0, 0.05) is 21.4 Å². The number of nitrogens with two attached hydrogens (primary N) is 1. The van der Waals surface area contributed by atoms with Gasteiger partial charge in [-0.15, -0.1) is 11.3 Å². The third-order valence-corrected chi connectivity index (χ3v) is 7.02. The van der Waals surface area contributed by atoms with Gasteiger partial charge in [0.1, 0.15) is 0 Å². The number of likely N-dealkylation sites (tertiary alicyclic amines) is 1. The summed E-state index contributed by atoms with van der Waals surface area (Å²) in [6.45, 7) is 1.22. The fourth-order valence-electron chi connectivity index (χ4n) is 2.75. The molecule has 0 amide bonds. The minimum Gasteiger partial charge on any atom is -0.326 e. The van der Waals surface area contributed by atoms with E-state index in [0.29, 0.717) is 12.1 Å². The van der Waals surface area contributed by atoms with Gasteiger partial charge < -0.3 is 5.73 Å². The van der Waals surface area contributed by atoms with Crippen LogP contribution in [-0.2, 0) is 0 Å². The molecule has 3 rings (SSSR count). The molecule has 5 heteroatoms. The molecule has 2 atom stereocenters. The molecule has 94 valence electrons. The van der Waals surface area contributed by atoms with E-state index >= 15 is 0 Å². The average Bonchev–Trinajstić information content (AvgIpc) is 3.07. The smallest absolute Gasteiger partial charge is 0.0843 e. The van der Waals surface area contributed by atoms with Crippen LogP contribution in [0.4, 0.5) is 0 Å². The zero-order valence-corrected chi connectivity index (χ0v) is 13.5. The molecule has 17 heavy (non-hydrogen) atoms. The number of halogens is 2. The van der Waals surface area contributed by atoms with Crippen molar-refractivity contribution in [3.63, 3.8) is 0 Å². The fraction of sp³-hybridized carbons (Fsp3) is 0.667. The summed E-state index contributed by atoms with van der Waals surface area (Å²) < 4.78 is 2.34. The van der Waals surface area contributed by atoms with Gasteiger partial charge in [0.05, 0.1) is 9.83 Å². The standard InChI is InChI=1S/C12H16Br2N2S/c13-8-6-10(17-12(8)14)11-9(15)2-1-5-16(11)7-3-4-7/h6-7,9,11H,1-5,15H2. The van der Waals surface area contributed by atoms with E-state index in [0.717, 1.165) is 16.9 Å². The summed E-state index contributed by atoms with van der Waals surface area (Å²) in [7, 11) is 0. The molecule has 1 aromatic heterocycles. The minimum atomic E-state index is 0.293. The first kappa shape index (κ1) is 12.6. The van der Waals surface area contributed by atoms with Crippen molar-refractivity contribution >= 4 is 43.2 Å². The molecule has 0 bridgehead atoms. The van der Waals surface area contributed by atoms with Crippen molar-refractivity contribution in [2.24, 2.45) is 5.73 Å². The summed E-state index contributed by atoms with van der Waals surface area (Å²) in [6.07, 6.45) is 5.12. The number of thiophene rings is 1. The highest BCUT2D eigenvalue weighted by Gasteiger charge is 2.40. The molecule has 0 radical (unpaired) electrons. The van der Waals surface area contributed by atoms with E-state index in [1.807, 2.05) is 11.3 Å². The lowest BCUT2D eigenvalue weighted by atomic mass is 9.95. The second kappa shape index (κ2) is 4.93. The molecule has 1 saturated carbocycles. The van der Waals surface area contributed by atoms with E-state index in [9.17, 15) is 0 Å². The Bertz CT molecular complexity index is 397. The Morgan fingerprint density at radius 2 is 2.06 bits per heavy atom. The Hall–Kier alpha value is 0.580. The van der Waals surface area contributed by atoms with E-state index in [4.69, 9.17) is 5.73 Å². The molecular formula is C12H16Br2N2S. The maximum absolute atomic E-state index is 6.36. The molecule has 2 unspecified atom stereocenters. The van der Waals surface area contributed by atoms with Gasteiger partial charge in [-0.2, -0.15) is 0 Å². The fourth-order valence-corrected chi connectivity index (χ4v) is 5.04. The van der Waals surface area contributed by atoms with Gasteiger partial charge in [-0.1, -0.05) is 0 Å². The highest BCUT2D eigenvalue weighted by atomic mass is 79.9. The highest BCUT2D eigenvalue weighted by Crippen LogP contribution is 2.44. The molecule has 1 saturated heterocycles. The van der Waals surface area contributed by atoms with Crippen LogP contribution < -0.4 is 5.73 Å². The number of nitrogens with zero attached hydrogens (tertiary/aromatic N) is 1. The lowest BCUT2D eigenvalue weighted by molar-refractivity contribution is 0.122. The molecule has 0 aromatic carbocycles. The van der Waals surface area contributed by atoms with E-state index in [1.165, 1.54) is 34.5 Å². The lowest BCUT2D eigenvalue weighted by Gasteiger charge is -2.39. The van der Waals surface area contributed by atoms with E-state index in [2.05, 4.69) is 42.8 Å². The molecule has 2 fully saturated rings. The van der Waals surface area contributed by atoms with Crippen molar-refractivity contribution in [1.82, 2.24) is 4.90 Å². The Kier molecular flexibility index (Phi) is 3.65. The summed E-state index contributed by atoms with van der Waals surface area (Å²) in [4.78, 5) is 4.04. The minimum absolute atomic E-state index is 0.293. The summed E-state index contributed by atoms with van der Waals surface area (Å²) >= 11 is 8.99. The monoisotopic (exact) mass is 378 g/mol. The molecule has 1 aliphatic carbocycles. The predicted molar refractivity (Wildman–Crippen MR) is 79.4 cm³/mol. The van der Waals surface area contributed by atoms with Crippen LogP contribution in [0, 0.1) is 0 Å². The SMILES string of the molecule is NC1CCCN(C2CC2)C1c1cc(Br)c(Br)s1. The second-order valence-corrected chi connectivity index (χ2v) is 8.25. The lowest BCUT2D eigenvalue weighted by Crippen LogP contribution is -2.46. The van der Waals surface area contributed by atoms with Crippen LogP contribution in [0.25, 0.3) is 0 Å². The highest BCUT2D eigenvalue weighted by molar-refractivity contribution is 9.13. The second-order valence-electron chi connectivity index (χ2n) is 4.99. The van der Waals surface area contributed by atoms with Crippen molar-refractivity contribution in [2.45, 2.75) is 43.8 Å². The number of hydrogen-bond donors (Lipinski definition) is 1. The first-order chi connectivity index (χ1) is 8.16. The van der Waals surface area contributed by atoms with Crippen LogP contribution in [0.1, 0.15) is 36.6 Å². The first-order valence-corrected chi connectivity index (χ1v) is 8.53. The summed E-state index contributed by atoms with van der Waals surface area (Å²) in [5.41, 5.74) is 6.36. The molecule has 2 heterocycles. The van der Waals surface area contributed by atoms with Crippen molar-refractivity contribution in [3.8, 4) is 0 Å². The van der Waals surface area contributed by atoms with Crippen molar-refractivity contribution < 1.29 is 0 Å². The Labute approximate surface area is 123 Å². The summed E-state index contributed by atoms with van der Waals surface area (Å²) in [6, 6.07) is 3.76. The molecular weight excluding hydrogens is 364 g/mol. The van der Waals surface area contributed by atoms with Crippen LogP contribution >= 0.6 is 43.2 Å². The van der Waals surface area contributed by atoms with Gasteiger partial charge in [-0.25, -0.2) is 0 Å². The normalized spacial score (nSPS) is 30.8. The van der Waals surface area contributed by atoms with Crippen molar-refractivity contribution in [2.75, 3.05) is 6.54 Å². The maximum atomic E-state index is 6.36. The zero-order chi connectivity index (χ0) is 12.0. The largest absolute Gasteiger partial charge is 0.326 e. The number of rotatable bonds is 2. The van der Waals surface area contributed by atoms with Gasteiger partial charge in [-0.3, -0.25) is 4.90 Å². The van der Waals surface area contributed by atoms with E-state index in [-0.39, 0.29) is 0 Å². The first-order valence-electron chi connectivity index (χ1n) is 6.13.